The van der Waals surface area contributed by atoms with Gasteiger partial charge in [-0.3, -0.25) is 4.79 Å². The maximum atomic E-state index is 14.0. The number of carbonyl (C=O) groups is 1. The van der Waals surface area contributed by atoms with E-state index in [1.54, 1.807) is 23.4 Å². The molecule has 0 saturated heterocycles. The minimum Gasteiger partial charge on any atom is -0.383 e. The van der Waals surface area contributed by atoms with Crippen LogP contribution in [0.3, 0.4) is 0 Å². The summed E-state index contributed by atoms with van der Waals surface area (Å²) in [7, 11) is 0. The lowest BCUT2D eigenvalue weighted by Gasteiger charge is -2.28. The molecule has 4 aromatic heterocycles. The van der Waals surface area contributed by atoms with E-state index < -0.39 is 0 Å². The van der Waals surface area contributed by atoms with Crippen LogP contribution >= 0.6 is 0 Å². The van der Waals surface area contributed by atoms with Crippen LogP contribution in [0.2, 0.25) is 0 Å². The van der Waals surface area contributed by atoms with Gasteiger partial charge in [-0.25, -0.2) is 19.9 Å². The maximum absolute atomic E-state index is 14.0. The van der Waals surface area contributed by atoms with E-state index in [2.05, 4.69) is 15.0 Å². The first kappa shape index (κ1) is 21.2. The number of aromatic nitrogens is 5. The van der Waals surface area contributed by atoms with Crippen LogP contribution < -0.4 is 5.73 Å². The van der Waals surface area contributed by atoms with Crippen LogP contribution in [0.25, 0.3) is 16.6 Å². The van der Waals surface area contributed by atoms with Gasteiger partial charge >= 0.3 is 0 Å². The van der Waals surface area contributed by atoms with Crippen LogP contribution in [-0.4, -0.2) is 35.1 Å². The smallest absolute Gasteiger partial charge is 0.254 e. The quantitative estimate of drug-likeness (QED) is 0.420. The molecule has 5 aromatic rings. The Labute approximate surface area is 202 Å². The van der Waals surface area contributed by atoms with Gasteiger partial charge in [0, 0.05) is 35.7 Å². The van der Waals surface area contributed by atoms with Crippen molar-refractivity contribution >= 4 is 28.3 Å². The van der Waals surface area contributed by atoms with Crippen LogP contribution in [0.5, 0.6) is 0 Å². The number of benzene rings is 1. The second-order valence-electron chi connectivity index (χ2n) is 8.95. The number of anilines is 1. The Hall–Kier alpha value is -4.33. The molecule has 0 spiro atoms. The van der Waals surface area contributed by atoms with Crippen molar-refractivity contribution in [1.29, 1.82) is 0 Å². The highest BCUT2D eigenvalue weighted by molar-refractivity contribution is 5.99. The number of nitrogens with two attached hydrogens (primary N) is 1. The van der Waals surface area contributed by atoms with Crippen molar-refractivity contribution in [3.63, 3.8) is 0 Å². The van der Waals surface area contributed by atoms with Crippen molar-refractivity contribution < 1.29 is 4.79 Å². The van der Waals surface area contributed by atoms with Gasteiger partial charge in [0.1, 0.15) is 17.3 Å². The van der Waals surface area contributed by atoms with Crippen LogP contribution in [0, 0.1) is 0 Å². The summed E-state index contributed by atoms with van der Waals surface area (Å²) >= 11 is 0. The predicted octanol–water partition coefficient (Wildman–Crippen LogP) is 4.15. The number of pyridine rings is 2. The Balaban J connectivity index is 1.41. The van der Waals surface area contributed by atoms with Gasteiger partial charge in [0.25, 0.3) is 5.91 Å². The molecular formula is C27H25N7O. The molecule has 1 unspecified atom stereocenters. The van der Waals surface area contributed by atoms with Crippen molar-refractivity contribution in [2.75, 3.05) is 5.73 Å². The zero-order valence-electron chi connectivity index (χ0n) is 19.4. The van der Waals surface area contributed by atoms with E-state index in [0.717, 1.165) is 47.1 Å². The maximum Gasteiger partial charge on any atom is 0.254 e. The molecule has 174 valence electrons. The van der Waals surface area contributed by atoms with E-state index in [4.69, 9.17) is 10.7 Å². The molecule has 2 N–H and O–H groups in total. The second-order valence-corrected chi connectivity index (χ2v) is 8.95. The van der Waals surface area contributed by atoms with E-state index in [-0.39, 0.29) is 11.9 Å². The number of hydrogen-bond donors (Lipinski definition) is 1. The standard InChI is InChI=1S/C27H25N7O/c1-17(26-29-11-5-12-30-26)34(16-19-15-33-13-3-2-8-24(33)31-19)27(35)18-9-10-23-22(14-18)20-6-4-7-21(20)25(28)32-23/h2-3,5,8-15,17H,4,6-7,16H2,1H3,(H2,28,32). The third-order valence-electron chi connectivity index (χ3n) is 6.77. The zero-order valence-corrected chi connectivity index (χ0v) is 19.4. The van der Waals surface area contributed by atoms with E-state index in [0.29, 0.717) is 23.8 Å². The summed E-state index contributed by atoms with van der Waals surface area (Å²) in [5, 5.41) is 1.01. The monoisotopic (exact) mass is 463 g/mol. The highest BCUT2D eigenvalue weighted by atomic mass is 16.2. The Morgan fingerprint density at radius 3 is 2.74 bits per heavy atom. The Morgan fingerprint density at radius 2 is 1.91 bits per heavy atom. The molecule has 1 amide bonds. The summed E-state index contributed by atoms with van der Waals surface area (Å²) in [5.41, 5.74) is 11.6. The van der Waals surface area contributed by atoms with Gasteiger partial charge < -0.3 is 15.0 Å². The van der Waals surface area contributed by atoms with Gasteiger partial charge in [0.15, 0.2) is 0 Å². The number of rotatable bonds is 5. The van der Waals surface area contributed by atoms with Crippen molar-refractivity contribution in [3.8, 4) is 0 Å². The van der Waals surface area contributed by atoms with Gasteiger partial charge in [-0.1, -0.05) is 6.07 Å². The molecule has 6 rings (SSSR count). The number of imidazole rings is 1. The molecule has 4 heterocycles. The first-order valence-electron chi connectivity index (χ1n) is 11.8. The zero-order chi connectivity index (χ0) is 23.9. The highest BCUT2D eigenvalue weighted by Crippen LogP contribution is 2.33. The van der Waals surface area contributed by atoms with E-state index in [1.807, 2.05) is 60.1 Å². The molecule has 0 fully saturated rings. The highest BCUT2D eigenvalue weighted by Gasteiger charge is 2.27. The van der Waals surface area contributed by atoms with Crippen LogP contribution in [0.4, 0.5) is 5.82 Å². The average Bonchev–Trinajstić information content (AvgIpc) is 3.55. The molecule has 8 nitrogen and oxygen atoms in total. The first-order valence-corrected chi connectivity index (χ1v) is 11.8. The summed E-state index contributed by atoms with van der Waals surface area (Å²) in [6.45, 7) is 2.28. The fourth-order valence-electron chi connectivity index (χ4n) is 4.98. The van der Waals surface area contributed by atoms with Crippen molar-refractivity contribution in [2.24, 2.45) is 0 Å². The lowest BCUT2D eigenvalue weighted by molar-refractivity contribution is 0.0664. The average molecular weight is 464 g/mol. The predicted molar refractivity (Wildman–Crippen MR) is 134 cm³/mol. The lowest BCUT2D eigenvalue weighted by Crippen LogP contribution is -2.34. The minimum absolute atomic E-state index is 0.104. The molecule has 0 radical (unpaired) electrons. The van der Waals surface area contributed by atoms with Crippen LogP contribution in [0.15, 0.2) is 67.3 Å². The van der Waals surface area contributed by atoms with Crippen LogP contribution in [-0.2, 0) is 19.4 Å². The Morgan fingerprint density at radius 1 is 1.09 bits per heavy atom. The molecule has 1 aliphatic carbocycles. The normalized spacial score (nSPS) is 13.7. The van der Waals surface area contributed by atoms with E-state index in [1.165, 1.54) is 5.56 Å². The molecule has 1 aliphatic rings. The lowest BCUT2D eigenvalue weighted by atomic mass is 10.0. The molecule has 1 atom stereocenters. The minimum atomic E-state index is -0.348. The molecule has 8 heteroatoms. The summed E-state index contributed by atoms with van der Waals surface area (Å²) in [5.74, 6) is 1.08. The fraction of sp³-hybridized carbons (Fsp3) is 0.222. The fourth-order valence-corrected chi connectivity index (χ4v) is 4.98. The third-order valence-corrected chi connectivity index (χ3v) is 6.77. The number of carbonyl (C=O) groups excluding carboxylic acids is 1. The molecule has 0 saturated carbocycles. The van der Waals surface area contributed by atoms with Gasteiger partial charge in [-0.2, -0.15) is 0 Å². The van der Waals surface area contributed by atoms with Crippen LogP contribution in [0.1, 0.15) is 52.4 Å². The summed E-state index contributed by atoms with van der Waals surface area (Å²) < 4.78 is 1.96. The number of aryl methyl sites for hydroxylation is 1. The number of hydrogen-bond acceptors (Lipinski definition) is 6. The van der Waals surface area contributed by atoms with Gasteiger partial charge in [-0.15, -0.1) is 0 Å². The molecule has 0 aliphatic heterocycles. The topological polar surface area (TPSA) is 102 Å². The summed E-state index contributed by atoms with van der Waals surface area (Å²) in [6, 6.07) is 13.0. The van der Waals surface area contributed by atoms with Crippen molar-refractivity contribution in [2.45, 2.75) is 38.8 Å². The molecule has 0 bridgehead atoms. The van der Waals surface area contributed by atoms with E-state index >= 15 is 0 Å². The van der Waals surface area contributed by atoms with Crippen molar-refractivity contribution in [1.82, 2.24) is 29.2 Å². The number of nitrogens with zero attached hydrogens (tertiary/aromatic N) is 6. The molecule has 35 heavy (non-hydrogen) atoms. The first-order chi connectivity index (χ1) is 17.1. The van der Waals surface area contributed by atoms with E-state index in [9.17, 15) is 4.79 Å². The van der Waals surface area contributed by atoms with Gasteiger partial charge in [0.2, 0.25) is 0 Å². The Kier molecular flexibility index (Phi) is 5.13. The number of amides is 1. The van der Waals surface area contributed by atoms with Crippen molar-refractivity contribution in [3.05, 3.63) is 95.5 Å². The Bertz CT molecular complexity index is 1530. The second kappa shape index (κ2) is 8.47. The molecular weight excluding hydrogens is 438 g/mol. The number of nitrogen functional groups attached to an aromatic ring is 1. The molecule has 1 aromatic carbocycles. The largest absolute Gasteiger partial charge is 0.383 e. The number of fused-ring (bicyclic) bond motifs is 4. The van der Waals surface area contributed by atoms with Gasteiger partial charge in [0.05, 0.1) is 23.8 Å². The van der Waals surface area contributed by atoms with Gasteiger partial charge in [-0.05, 0) is 73.7 Å². The SMILES string of the molecule is CC(c1ncccn1)N(Cc1cn2ccccc2n1)C(=O)c1ccc2nc(N)c3c(c2c1)CCC3. The summed E-state index contributed by atoms with van der Waals surface area (Å²) in [6.07, 6.45) is 10.2. The summed E-state index contributed by atoms with van der Waals surface area (Å²) in [4.78, 5) is 33.9. The third kappa shape index (κ3) is 3.77.